The maximum absolute atomic E-state index is 13.1. The van der Waals surface area contributed by atoms with Crippen LogP contribution in [0.15, 0.2) is 18.2 Å². The third-order valence-electron chi connectivity index (χ3n) is 1.35. The van der Waals surface area contributed by atoms with Crippen LogP contribution in [0.25, 0.3) is 0 Å². The molecule has 0 bridgehead atoms. The van der Waals surface area contributed by atoms with E-state index in [1.165, 1.54) is 12.1 Å². The zero-order chi connectivity index (χ0) is 9.84. The van der Waals surface area contributed by atoms with Gasteiger partial charge >= 0.3 is 0 Å². The summed E-state index contributed by atoms with van der Waals surface area (Å²) in [7, 11) is 0. The molecule has 0 atom stereocenters. The van der Waals surface area contributed by atoms with Gasteiger partial charge in [0.15, 0.2) is 5.82 Å². The fourth-order valence-electron chi connectivity index (χ4n) is 0.784. The van der Waals surface area contributed by atoms with Crippen molar-refractivity contribution < 1.29 is 9.18 Å². The zero-order valence-electron chi connectivity index (χ0n) is 6.48. The Morgan fingerprint density at radius 2 is 2.31 bits per heavy atom. The molecule has 0 heterocycles. The van der Waals surface area contributed by atoms with Gasteiger partial charge < -0.3 is 5.32 Å². The minimum Gasteiger partial charge on any atom is -0.323 e. The molecule has 0 saturated heterocycles. The smallest absolute Gasteiger partial charge is 0.235 e. The van der Waals surface area contributed by atoms with Crippen LogP contribution in [-0.2, 0) is 4.79 Å². The number of nitrogens with one attached hydrogen (secondary N) is 1. The van der Waals surface area contributed by atoms with Crippen LogP contribution in [-0.4, -0.2) is 11.2 Å². The van der Waals surface area contributed by atoms with Crippen LogP contribution in [0, 0.1) is 5.82 Å². The maximum Gasteiger partial charge on any atom is 0.235 e. The van der Waals surface area contributed by atoms with E-state index < -0.39 is 5.82 Å². The lowest BCUT2D eigenvalue weighted by Gasteiger charge is -2.04. The van der Waals surface area contributed by atoms with Crippen molar-refractivity contribution in [2.24, 2.45) is 0 Å². The van der Waals surface area contributed by atoms with Gasteiger partial charge in [-0.1, -0.05) is 33.6 Å². The van der Waals surface area contributed by atoms with Crippen molar-refractivity contribution in [3.63, 3.8) is 0 Å². The van der Waals surface area contributed by atoms with Gasteiger partial charge in [-0.3, -0.25) is 4.79 Å². The second-order valence-corrected chi connectivity index (χ2v) is 3.25. The molecule has 1 rings (SSSR count). The zero-order valence-corrected chi connectivity index (χ0v) is 8.82. The minimum absolute atomic E-state index is 0.00706. The molecule has 1 aromatic rings. The molecule has 0 aliphatic rings. The highest BCUT2D eigenvalue weighted by atomic mass is 79.9. The van der Waals surface area contributed by atoms with E-state index in [1.54, 1.807) is 6.07 Å². The predicted molar refractivity (Wildman–Crippen MR) is 53.8 cm³/mol. The molecule has 0 saturated carbocycles. The Kier molecular flexibility index (Phi) is 3.69. The van der Waals surface area contributed by atoms with E-state index >= 15 is 0 Å². The summed E-state index contributed by atoms with van der Waals surface area (Å²) in [5.74, 6) is -0.931. The Morgan fingerprint density at radius 3 is 2.92 bits per heavy atom. The first-order valence-corrected chi connectivity index (χ1v) is 4.95. The van der Waals surface area contributed by atoms with E-state index in [0.29, 0.717) is 0 Å². The van der Waals surface area contributed by atoms with Crippen LogP contribution in [0.5, 0.6) is 0 Å². The summed E-state index contributed by atoms with van der Waals surface area (Å²) in [6, 6.07) is 4.43. The molecule has 0 fully saturated rings. The highest BCUT2D eigenvalue weighted by Crippen LogP contribution is 2.21. The van der Waals surface area contributed by atoms with Gasteiger partial charge in [0, 0.05) is 0 Å². The number of halogens is 3. The first-order valence-electron chi connectivity index (χ1n) is 3.45. The highest BCUT2D eigenvalue weighted by Gasteiger charge is 2.07. The van der Waals surface area contributed by atoms with Crippen LogP contribution in [0.4, 0.5) is 10.1 Å². The molecule has 0 unspecified atom stereocenters. The second-order valence-electron chi connectivity index (χ2n) is 2.28. The van der Waals surface area contributed by atoms with Crippen LogP contribution < -0.4 is 5.32 Å². The summed E-state index contributed by atoms with van der Waals surface area (Å²) in [4.78, 5) is 10.9. The second kappa shape index (κ2) is 4.58. The minimum atomic E-state index is -0.613. The van der Waals surface area contributed by atoms with Gasteiger partial charge in [0.25, 0.3) is 0 Å². The van der Waals surface area contributed by atoms with Gasteiger partial charge in [-0.2, -0.15) is 0 Å². The molecule has 2 nitrogen and oxygen atoms in total. The SMILES string of the molecule is O=C(CBr)Nc1cccc(Cl)c1F. The van der Waals surface area contributed by atoms with Gasteiger partial charge in [0.1, 0.15) is 0 Å². The maximum atomic E-state index is 13.1. The number of carbonyl (C=O) groups is 1. The van der Waals surface area contributed by atoms with Crippen molar-refractivity contribution in [1.82, 2.24) is 0 Å². The number of anilines is 1. The van der Waals surface area contributed by atoms with Crippen LogP contribution in [0.3, 0.4) is 0 Å². The summed E-state index contributed by atoms with van der Waals surface area (Å²) in [5.41, 5.74) is 0.0944. The fraction of sp³-hybridized carbons (Fsp3) is 0.125. The van der Waals surface area contributed by atoms with Crippen molar-refractivity contribution in [2.45, 2.75) is 0 Å². The van der Waals surface area contributed by atoms with Gasteiger partial charge in [-0.15, -0.1) is 0 Å². The van der Waals surface area contributed by atoms with E-state index in [2.05, 4.69) is 21.2 Å². The number of alkyl halides is 1. The van der Waals surface area contributed by atoms with Crippen molar-refractivity contribution >= 4 is 39.1 Å². The Bertz CT molecular complexity index is 332. The topological polar surface area (TPSA) is 29.1 Å². The molecule has 0 aliphatic heterocycles. The molecule has 0 spiro atoms. The molecule has 0 aliphatic carbocycles. The molecule has 5 heteroatoms. The predicted octanol–water partition coefficient (Wildman–Crippen LogP) is 2.81. The summed E-state index contributed by atoms with van der Waals surface area (Å²) in [6.07, 6.45) is 0. The third kappa shape index (κ3) is 2.67. The van der Waals surface area contributed by atoms with Crippen molar-refractivity contribution in [3.05, 3.63) is 29.0 Å². The average Bonchev–Trinajstić information content (AvgIpc) is 2.13. The average molecular weight is 266 g/mol. The standard InChI is InChI=1S/C8H6BrClFNO/c9-4-7(13)12-6-3-1-2-5(10)8(6)11/h1-3H,4H2,(H,12,13). The van der Waals surface area contributed by atoms with Crippen LogP contribution in [0.2, 0.25) is 5.02 Å². The van der Waals surface area contributed by atoms with Crippen molar-refractivity contribution in [2.75, 3.05) is 10.6 Å². The Balaban J connectivity index is 2.89. The largest absolute Gasteiger partial charge is 0.323 e. The lowest BCUT2D eigenvalue weighted by Crippen LogP contribution is -2.13. The van der Waals surface area contributed by atoms with E-state index in [-0.39, 0.29) is 21.9 Å². The Morgan fingerprint density at radius 1 is 1.62 bits per heavy atom. The van der Waals surface area contributed by atoms with Gasteiger partial charge in [-0.25, -0.2) is 4.39 Å². The quantitative estimate of drug-likeness (QED) is 0.820. The fourth-order valence-corrected chi connectivity index (χ4v) is 1.10. The molecule has 1 N–H and O–H groups in total. The molecule has 70 valence electrons. The Hall–Kier alpha value is -0.610. The molecule has 13 heavy (non-hydrogen) atoms. The molecule has 1 amide bonds. The van der Waals surface area contributed by atoms with Gasteiger partial charge in [0.2, 0.25) is 5.91 Å². The molecule has 0 aromatic heterocycles. The van der Waals surface area contributed by atoms with E-state index in [1.807, 2.05) is 0 Å². The lowest BCUT2D eigenvalue weighted by atomic mass is 10.3. The molecule has 1 aromatic carbocycles. The summed E-state index contributed by atoms with van der Waals surface area (Å²) in [5, 5.41) is 2.47. The van der Waals surface area contributed by atoms with Crippen LogP contribution in [0.1, 0.15) is 0 Å². The summed E-state index contributed by atoms with van der Waals surface area (Å²) in [6.45, 7) is 0. The molecular weight excluding hydrogens is 260 g/mol. The number of rotatable bonds is 2. The van der Waals surface area contributed by atoms with Crippen LogP contribution >= 0.6 is 27.5 Å². The number of hydrogen-bond donors (Lipinski definition) is 1. The first-order chi connectivity index (χ1) is 6.15. The van der Waals surface area contributed by atoms with E-state index in [9.17, 15) is 9.18 Å². The number of carbonyl (C=O) groups excluding carboxylic acids is 1. The van der Waals surface area contributed by atoms with E-state index in [4.69, 9.17) is 11.6 Å². The number of amides is 1. The molecular formula is C8H6BrClFNO. The number of benzene rings is 1. The third-order valence-corrected chi connectivity index (χ3v) is 2.15. The summed E-state index contributed by atoms with van der Waals surface area (Å²) >= 11 is 8.45. The summed E-state index contributed by atoms with van der Waals surface area (Å²) < 4.78 is 13.1. The highest BCUT2D eigenvalue weighted by molar-refractivity contribution is 9.09. The Labute approximate surface area is 88.2 Å². The first kappa shape index (κ1) is 10.5. The van der Waals surface area contributed by atoms with Crippen molar-refractivity contribution in [1.29, 1.82) is 0 Å². The number of hydrogen-bond acceptors (Lipinski definition) is 1. The van der Waals surface area contributed by atoms with Gasteiger partial charge in [-0.05, 0) is 12.1 Å². The lowest BCUT2D eigenvalue weighted by molar-refractivity contribution is -0.113. The monoisotopic (exact) mass is 265 g/mol. The molecule has 0 radical (unpaired) electrons. The van der Waals surface area contributed by atoms with Gasteiger partial charge in [0.05, 0.1) is 16.0 Å². The normalized spacial score (nSPS) is 9.77. The van der Waals surface area contributed by atoms with Crippen molar-refractivity contribution in [3.8, 4) is 0 Å². The van der Waals surface area contributed by atoms with E-state index in [0.717, 1.165) is 0 Å².